The van der Waals surface area contributed by atoms with Crippen LogP contribution in [0.15, 0.2) is 114 Å². The molecular formula is C38H40O2S. The van der Waals surface area contributed by atoms with Crippen LogP contribution in [0, 0.1) is 0 Å². The van der Waals surface area contributed by atoms with Gasteiger partial charge in [-0.15, -0.1) is 11.8 Å². The molecule has 0 unspecified atom stereocenters. The molecule has 0 saturated heterocycles. The number of Topliss-reactive ketones (excluding diaryl/α,β-unsaturated/α-hetero) is 1. The van der Waals surface area contributed by atoms with E-state index in [4.69, 9.17) is 0 Å². The van der Waals surface area contributed by atoms with Gasteiger partial charge >= 0.3 is 0 Å². The van der Waals surface area contributed by atoms with Crippen LogP contribution in [0.3, 0.4) is 0 Å². The van der Waals surface area contributed by atoms with Crippen molar-refractivity contribution in [3.8, 4) is 0 Å². The first-order valence-corrected chi connectivity index (χ1v) is 15.7. The summed E-state index contributed by atoms with van der Waals surface area (Å²) in [6.45, 7) is 2.22. The second kappa shape index (κ2) is 16.5. The van der Waals surface area contributed by atoms with Gasteiger partial charge in [-0.2, -0.15) is 0 Å². The number of hydrogen-bond acceptors (Lipinski definition) is 3. The van der Waals surface area contributed by atoms with Gasteiger partial charge in [-0.25, -0.2) is 0 Å². The van der Waals surface area contributed by atoms with Gasteiger partial charge in [-0.3, -0.25) is 9.59 Å². The third kappa shape index (κ3) is 9.72. The normalized spacial score (nSPS) is 13.6. The number of hydrogen-bond donors (Lipinski definition) is 0. The number of thioether (sulfide) groups is 1. The maximum absolute atomic E-state index is 11.3. The molecule has 0 radical (unpaired) electrons. The first kappa shape index (κ1) is 30.3. The highest BCUT2D eigenvalue weighted by Gasteiger charge is 2.15. The van der Waals surface area contributed by atoms with Crippen molar-refractivity contribution >= 4 is 29.9 Å². The average Bonchev–Trinajstić information content (AvgIpc) is 3.21. The fourth-order valence-electron chi connectivity index (χ4n) is 5.23. The minimum atomic E-state index is 0.312. The second-order valence-electron chi connectivity index (χ2n) is 10.6. The summed E-state index contributed by atoms with van der Waals surface area (Å²) in [5.41, 5.74) is 8.59. The summed E-state index contributed by atoms with van der Waals surface area (Å²) in [5, 5.41) is 0. The number of carbonyl (C=O) groups excluding carboxylic acids is 2. The Morgan fingerprint density at radius 2 is 1.37 bits per heavy atom. The number of fused-ring (bicyclic) bond motifs is 2. The van der Waals surface area contributed by atoms with E-state index in [1.165, 1.54) is 46.4 Å². The van der Waals surface area contributed by atoms with Crippen LogP contribution in [0.4, 0.5) is 0 Å². The van der Waals surface area contributed by atoms with Crippen LogP contribution in [0.25, 0.3) is 6.08 Å². The highest BCUT2D eigenvalue weighted by atomic mass is 32.2. The van der Waals surface area contributed by atoms with E-state index >= 15 is 0 Å². The molecular weight excluding hydrogens is 520 g/mol. The molecule has 0 amide bonds. The Balaban J connectivity index is 0.000000147. The van der Waals surface area contributed by atoms with E-state index in [1.54, 1.807) is 0 Å². The van der Waals surface area contributed by atoms with E-state index in [-0.39, 0.29) is 0 Å². The summed E-state index contributed by atoms with van der Waals surface area (Å²) in [4.78, 5) is 23.5. The Kier molecular flexibility index (Phi) is 12.2. The minimum Gasteiger partial charge on any atom is -0.298 e. The lowest BCUT2D eigenvalue weighted by Crippen LogP contribution is -2.09. The molecule has 0 aromatic heterocycles. The van der Waals surface area contributed by atoms with Gasteiger partial charge < -0.3 is 0 Å². The predicted molar refractivity (Wildman–Crippen MR) is 174 cm³/mol. The van der Waals surface area contributed by atoms with Crippen LogP contribution < -0.4 is 0 Å². The summed E-state index contributed by atoms with van der Waals surface area (Å²) in [5.74, 6) is 1.39. The molecule has 0 saturated carbocycles. The van der Waals surface area contributed by atoms with E-state index in [0.29, 0.717) is 5.78 Å². The average molecular weight is 561 g/mol. The highest BCUT2D eigenvalue weighted by molar-refractivity contribution is 7.99. The van der Waals surface area contributed by atoms with E-state index in [1.807, 2.05) is 66.4 Å². The zero-order valence-electron chi connectivity index (χ0n) is 24.1. The van der Waals surface area contributed by atoms with Crippen LogP contribution in [0.2, 0.25) is 0 Å². The number of ketones is 1. The zero-order chi connectivity index (χ0) is 28.7. The molecule has 2 nitrogen and oxygen atoms in total. The van der Waals surface area contributed by atoms with Gasteiger partial charge in [0.15, 0.2) is 5.78 Å². The summed E-state index contributed by atoms with van der Waals surface area (Å²) >= 11 is 1.86. The summed E-state index contributed by atoms with van der Waals surface area (Å²) < 4.78 is 0. The van der Waals surface area contributed by atoms with Gasteiger partial charge in [0.05, 0.1) is 0 Å². The molecule has 0 aliphatic heterocycles. The number of aryl methyl sites for hydroxylation is 3. The molecule has 4 aromatic rings. The molecule has 210 valence electrons. The third-order valence-electron chi connectivity index (χ3n) is 7.43. The van der Waals surface area contributed by atoms with Crippen molar-refractivity contribution in [2.75, 3.05) is 5.75 Å². The van der Waals surface area contributed by atoms with Gasteiger partial charge in [0.1, 0.15) is 6.29 Å². The van der Waals surface area contributed by atoms with Gasteiger partial charge in [0.2, 0.25) is 0 Å². The van der Waals surface area contributed by atoms with Gasteiger partial charge in [0.25, 0.3) is 0 Å². The first-order chi connectivity index (χ1) is 20.1. The molecule has 3 heteroatoms. The number of allylic oxidation sites excluding steroid dienone is 1. The Labute approximate surface area is 249 Å². The molecule has 41 heavy (non-hydrogen) atoms. The van der Waals surface area contributed by atoms with Crippen LogP contribution in [0.5, 0.6) is 0 Å². The lowest BCUT2D eigenvalue weighted by atomic mass is 9.91. The lowest BCUT2D eigenvalue weighted by Gasteiger charge is -2.12. The Morgan fingerprint density at radius 1 is 0.707 bits per heavy atom. The molecule has 4 aromatic carbocycles. The molecule has 2 aliphatic carbocycles. The van der Waals surface area contributed by atoms with Crippen molar-refractivity contribution in [1.82, 2.24) is 0 Å². The van der Waals surface area contributed by atoms with Crippen LogP contribution >= 0.6 is 11.8 Å². The molecule has 0 N–H and O–H groups in total. The SMILES string of the molecule is CC1=Cc2ccccc2CCC1.O=C1CCCc2ccccc21.O=Cc1ccccc1CCCSc1ccccc1. The summed E-state index contributed by atoms with van der Waals surface area (Å²) in [6, 6.07) is 34.8. The number of carbonyl (C=O) groups is 2. The smallest absolute Gasteiger partial charge is 0.163 e. The third-order valence-corrected chi connectivity index (χ3v) is 8.52. The van der Waals surface area contributed by atoms with Gasteiger partial charge in [-0.1, -0.05) is 103 Å². The molecule has 6 rings (SSSR count). The van der Waals surface area contributed by atoms with Crippen molar-refractivity contribution in [2.24, 2.45) is 0 Å². The highest BCUT2D eigenvalue weighted by Crippen LogP contribution is 2.23. The van der Waals surface area contributed by atoms with E-state index < -0.39 is 0 Å². The Bertz CT molecular complexity index is 1440. The lowest BCUT2D eigenvalue weighted by molar-refractivity contribution is 0.0972. The number of aldehydes is 1. The van der Waals surface area contributed by atoms with Crippen molar-refractivity contribution < 1.29 is 9.59 Å². The quantitative estimate of drug-likeness (QED) is 0.134. The molecule has 0 spiro atoms. The molecule has 0 bridgehead atoms. The van der Waals surface area contributed by atoms with Crippen LogP contribution in [-0.4, -0.2) is 17.8 Å². The topological polar surface area (TPSA) is 34.1 Å². The molecule has 0 fully saturated rings. The van der Waals surface area contributed by atoms with Crippen LogP contribution in [0.1, 0.15) is 82.0 Å². The van der Waals surface area contributed by atoms with Crippen LogP contribution in [-0.2, 0) is 19.3 Å². The maximum atomic E-state index is 11.3. The monoisotopic (exact) mass is 560 g/mol. The Morgan fingerprint density at radius 3 is 2.17 bits per heavy atom. The van der Waals surface area contributed by atoms with Crippen molar-refractivity contribution in [3.63, 3.8) is 0 Å². The first-order valence-electron chi connectivity index (χ1n) is 14.7. The van der Waals surface area contributed by atoms with Crippen molar-refractivity contribution in [2.45, 2.75) is 63.2 Å². The minimum absolute atomic E-state index is 0.312. The molecule has 0 heterocycles. The van der Waals surface area contributed by atoms with E-state index in [0.717, 1.165) is 60.8 Å². The van der Waals surface area contributed by atoms with Gasteiger partial charge in [0, 0.05) is 22.4 Å². The summed E-state index contributed by atoms with van der Waals surface area (Å²) in [6.07, 6.45) is 12.0. The van der Waals surface area contributed by atoms with E-state index in [2.05, 4.69) is 61.5 Å². The maximum Gasteiger partial charge on any atom is 0.163 e. The summed E-state index contributed by atoms with van der Waals surface area (Å²) in [7, 11) is 0. The Hall–Kier alpha value is -3.69. The van der Waals surface area contributed by atoms with E-state index in [9.17, 15) is 9.59 Å². The van der Waals surface area contributed by atoms with Gasteiger partial charge in [-0.05, 0) is 92.0 Å². The molecule has 0 atom stereocenters. The number of benzene rings is 4. The predicted octanol–water partition coefficient (Wildman–Crippen LogP) is 9.86. The van der Waals surface area contributed by atoms with Crippen molar-refractivity contribution in [3.05, 3.63) is 142 Å². The fourth-order valence-corrected chi connectivity index (χ4v) is 6.10. The largest absolute Gasteiger partial charge is 0.298 e. The fraction of sp³-hybridized carbons (Fsp3) is 0.263. The standard InChI is InChI=1S/C16H16OS.C12H14.C10H10O/c17-13-15-8-5-4-7-14(15)9-6-12-18-16-10-2-1-3-11-16;1-10-5-4-8-11-6-2-3-7-12(11)9-10;11-10-7-3-5-8-4-1-2-6-9(8)10/h1-5,7-8,10-11,13H,6,9,12H2;2-3,6-7,9H,4-5,8H2,1H3;1-2,4,6H,3,5,7H2. The number of rotatable bonds is 6. The molecule has 2 aliphatic rings. The second-order valence-corrected chi connectivity index (χ2v) is 11.7. The van der Waals surface area contributed by atoms with Crippen molar-refractivity contribution in [1.29, 1.82) is 0 Å². The zero-order valence-corrected chi connectivity index (χ0v) is 24.9.